The molecular weight excluding hydrogens is 206 g/mol. The normalized spacial score (nSPS) is 10.6. The standard InChI is InChI=1S/C11H13N3O2/c1-3-5-12-7-10-13-11(14-16-10)9-4-6-15-8(9)2/h3-4,6,12H,1,5,7H2,2H3. The van der Waals surface area contributed by atoms with Crippen LogP contribution in [0.3, 0.4) is 0 Å². The van der Waals surface area contributed by atoms with Crippen LogP contribution in [-0.2, 0) is 6.54 Å². The van der Waals surface area contributed by atoms with Crippen molar-refractivity contribution in [2.24, 2.45) is 0 Å². The van der Waals surface area contributed by atoms with Gasteiger partial charge in [0.25, 0.3) is 0 Å². The third-order valence-corrected chi connectivity index (χ3v) is 2.13. The molecule has 2 aromatic heterocycles. The molecule has 2 aromatic rings. The van der Waals surface area contributed by atoms with Gasteiger partial charge in [0.15, 0.2) is 0 Å². The van der Waals surface area contributed by atoms with E-state index in [1.807, 2.05) is 13.0 Å². The van der Waals surface area contributed by atoms with Crippen molar-refractivity contribution in [3.05, 3.63) is 36.6 Å². The first kappa shape index (κ1) is 10.6. The van der Waals surface area contributed by atoms with Gasteiger partial charge in [0.2, 0.25) is 11.7 Å². The number of hydrogen-bond donors (Lipinski definition) is 1. The molecule has 0 radical (unpaired) electrons. The van der Waals surface area contributed by atoms with E-state index in [2.05, 4.69) is 22.0 Å². The third kappa shape index (κ3) is 2.20. The van der Waals surface area contributed by atoms with E-state index < -0.39 is 0 Å². The Balaban J connectivity index is 2.08. The molecule has 84 valence electrons. The molecule has 0 aliphatic carbocycles. The zero-order valence-electron chi connectivity index (χ0n) is 9.06. The van der Waals surface area contributed by atoms with Gasteiger partial charge in [-0.2, -0.15) is 4.98 Å². The minimum Gasteiger partial charge on any atom is -0.469 e. The molecule has 0 aromatic carbocycles. The van der Waals surface area contributed by atoms with E-state index in [-0.39, 0.29) is 0 Å². The van der Waals surface area contributed by atoms with E-state index in [0.717, 1.165) is 11.3 Å². The highest BCUT2D eigenvalue weighted by Crippen LogP contribution is 2.20. The second kappa shape index (κ2) is 4.76. The second-order valence-electron chi connectivity index (χ2n) is 3.32. The molecule has 2 rings (SSSR count). The Hall–Kier alpha value is -1.88. The lowest BCUT2D eigenvalue weighted by Gasteiger charge is -1.93. The predicted molar refractivity (Wildman–Crippen MR) is 58.6 cm³/mol. The zero-order valence-corrected chi connectivity index (χ0v) is 9.06. The number of aromatic nitrogens is 2. The number of hydrogen-bond acceptors (Lipinski definition) is 5. The second-order valence-corrected chi connectivity index (χ2v) is 3.32. The van der Waals surface area contributed by atoms with Crippen LogP contribution in [0.25, 0.3) is 11.4 Å². The van der Waals surface area contributed by atoms with Crippen LogP contribution in [0.5, 0.6) is 0 Å². The summed E-state index contributed by atoms with van der Waals surface area (Å²) >= 11 is 0. The average molecular weight is 219 g/mol. The van der Waals surface area contributed by atoms with Gasteiger partial charge in [-0.1, -0.05) is 11.2 Å². The van der Waals surface area contributed by atoms with E-state index in [1.54, 1.807) is 12.3 Å². The number of furan rings is 1. The Morgan fingerprint density at radius 1 is 1.56 bits per heavy atom. The van der Waals surface area contributed by atoms with Crippen molar-refractivity contribution in [2.75, 3.05) is 6.54 Å². The van der Waals surface area contributed by atoms with Crippen molar-refractivity contribution >= 4 is 0 Å². The first-order valence-electron chi connectivity index (χ1n) is 5.00. The van der Waals surface area contributed by atoms with E-state index >= 15 is 0 Å². The van der Waals surface area contributed by atoms with Crippen LogP contribution in [0.2, 0.25) is 0 Å². The number of aryl methyl sites for hydroxylation is 1. The molecular formula is C11H13N3O2. The van der Waals surface area contributed by atoms with Crippen molar-refractivity contribution in [3.8, 4) is 11.4 Å². The molecule has 0 aliphatic rings. The lowest BCUT2D eigenvalue weighted by atomic mass is 10.2. The van der Waals surface area contributed by atoms with Crippen LogP contribution in [0, 0.1) is 6.92 Å². The average Bonchev–Trinajstić information content (AvgIpc) is 2.87. The number of nitrogens with one attached hydrogen (secondary N) is 1. The molecule has 0 bridgehead atoms. The Morgan fingerprint density at radius 2 is 2.44 bits per heavy atom. The Bertz CT molecular complexity index is 473. The quantitative estimate of drug-likeness (QED) is 0.614. The smallest absolute Gasteiger partial charge is 0.240 e. The Kier molecular flexibility index (Phi) is 3.16. The monoisotopic (exact) mass is 219 g/mol. The molecule has 0 fully saturated rings. The van der Waals surface area contributed by atoms with Crippen LogP contribution >= 0.6 is 0 Å². The summed E-state index contributed by atoms with van der Waals surface area (Å²) in [6.07, 6.45) is 3.38. The molecule has 0 amide bonds. The molecule has 2 heterocycles. The largest absolute Gasteiger partial charge is 0.469 e. The molecule has 0 unspecified atom stereocenters. The van der Waals surface area contributed by atoms with Crippen LogP contribution in [0.1, 0.15) is 11.7 Å². The molecule has 0 aliphatic heterocycles. The molecule has 0 saturated carbocycles. The predicted octanol–water partition coefficient (Wildman–Crippen LogP) is 1.91. The van der Waals surface area contributed by atoms with Crippen molar-refractivity contribution in [3.63, 3.8) is 0 Å². The minimum absolute atomic E-state index is 0.538. The van der Waals surface area contributed by atoms with Gasteiger partial charge in [0.1, 0.15) is 5.76 Å². The summed E-state index contributed by atoms with van der Waals surface area (Å²) < 4.78 is 10.3. The van der Waals surface area contributed by atoms with Gasteiger partial charge in [0, 0.05) is 6.54 Å². The molecule has 5 nitrogen and oxygen atoms in total. The number of nitrogens with zero attached hydrogens (tertiary/aromatic N) is 2. The summed E-state index contributed by atoms with van der Waals surface area (Å²) in [7, 11) is 0. The van der Waals surface area contributed by atoms with Gasteiger partial charge < -0.3 is 14.3 Å². The van der Waals surface area contributed by atoms with Gasteiger partial charge in [-0.25, -0.2) is 0 Å². The van der Waals surface area contributed by atoms with Crippen LogP contribution in [0.4, 0.5) is 0 Å². The fraction of sp³-hybridized carbons (Fsp3) is 0.273. The summed E-state index contributed by atoms with van der Waals surface area (Å²) in [5.74, 6) is 1.89. The summed E-state index contributed by atoms with van der Waals surface area (Å²) in [5, 5.41) is 6.97. The van der Waals surface area contributed by atoms with Crippen LogP contribution in [-0.4, -0.2) is 16.7 Å². The third-order valence-electron chi connectivity index (χ3n) is 2.13. The van der Waals surface area contributed by atoms with Gasteiger partial charge in [-0.3, -0.25) is 0 Å². The SMILES string of the molecule is C=CCNCc1nc(-c2ccoc2C)no1. The fourth-order valence-electron chi connectivity index (χ4n) is 1.33. The summed E-state index contributed by atoms with van der Waals surface area (Å²) in [6, 6.07) is 1.82. The maximum absolute atomic E-state index is 5.18. The summed E-state index contributed by atoms with van der Waals surface area (Å²) in [4.78, 5) is 4.25. The summed E-state index contributed by atoms with van der Waals surface area (Å²) in [5.41, 5.74) is 0.860. The van der Waals surface area contributed by atoms with Gasteiger partial charge in [-0.15, -0.1) is 6.58 Å². The molecule has 0 spiro atoms. The first-order valence-corrected chi connectivity index (χ1v) is 5.00. The van der Waals surface area contributed by atoms with Crippen LogP contribution in [0.15, 0.2) is 33.9 Å². The van der Waals surface area contributed by atoms with Crippen LogP contribution < -0.4 is 5.32 Å². The Morgan fingerprint density at radius 3 is 3.12 bits per heavy atom. The van der Waals surface area contributed by atoms with E-state index in [1.165, 1.54) is 0 Å². The molecule has 16 heavy (non-hydrogen) atoms. The highest BCUT2D eigenvalue weighted by Gasteiger charge is 2.11. The molecule has 0 atom stereocenters. The summed E-state index contributed by atoms with van der Waals surface area (Å²) in [6.45, 7) is 6.72. The van der Waals surface area contributed by atoms with E-state index in [4.69, 9.17) is 8.94 Å². The maximum atomic E-state index is 5.18. The maximum Gasteiger partial charge on any atom is 0.240 e. The van der Waals surface area contributed by atoms with Crippen molar-refractivity contribution in [1.82, 2.24) is 15.5 Å². The molecule has 1 N–H and O–H groups in total. The number of rotatable bonds is 5. The van der Waals surface area contributed by atoms with Crippen molar-refractivity contribution in [2.45, 2.75) is 13.5 Å². The Labute approximate surface area is 93.2 Å². The molecule has 0 saturated heterocycles. The first-order chi connectivity index (χ1) is 7.81. The highest BCUT2D eigenvalue weighted by molar-refractivity contribution is 5.55. The molecule has 5 heteroatoms. The van der Waals surface area contributed by atoms with Gasteiger partial charge in [-0.05, 0) is 13.0 Å². The fourth-order valence-corrected chi connectivity index (χ4v) is 1.33. The zero-order chi connectivity index (χ0) is 11.4. The minimum atomic E-state index is 0.538. The van der Waals surface area contributed by atoms with E-state index in [9.17, 15) is 0 Å². The van der Waals surface area contributed by atoms with Crippen molar-refractivity contribution < 1.29 is 8.94 Å². The van der Waals surface area contributed by atoms with Gasteiger partial charge >= 0.3 is 0 Å². The van der Waals surface area contributed by atoms with E-state index in [0.29, 0.717) is 24.8 Å². The lowest BCUT2D eigenvalue weighted by molar-refractivity contribution is 0.370. The van der Waals surface area contributed by atoms with Crippen molar-refractivity contribution in [1.29, 1.82) is 0 Å². The van der Waals surface area contributed by atoms with Gasteiger partial charge in [0.05, 0.1) is 18.4 Å². The topological polar surface area (TPSA) is 64.1 Å². The lowest BCUT2D eigenvalue weighted by Crippen LogP contribution is -2.12. The highest BCUT2D eigenvalue weighted by atomic mass is 16.5.